The smallest absolute Gasteiger partial charge is 0.0235 e. The van der Waals surface area contributed by atoms with Gasteiger partial charge < -0.3 is 4.90 Å². The zero-order valence-electron chi connectivity index (χ0n) is 9.92. The van der Waals surface area contributed by atoms with Crippen molar-refractivity contribution in [2.24, 2.45) is 0 Å². The van der Waals surface area contributed by atoms with E-state index in [2.05, 4.69) is 51.9 Å². The lowest BCUT2D eigenvalue weighted by Crippen LogP contribution is -2.15. The monoisotopic (exact) mass is 211 g/mol. The molecule has 1 aliphatic rings. The molecule has 0 aromatic carbocycles. The van der Waals surface area contributed by atoms with E-state index >= 15 is 0 Å². The molecule has 80 valence electrons. The van der Waals surface area contributed by atoms with Crippen LogP contribution in [0, 0.1) is 0 Å². The summed E-state index contributed by atoms with van der Waals surface area (Å²) >= 11 is 2.00. The molecule has 0 spiro atoms. The average Bonchev–Trinajstić information content (AvgIpc) is 2.32. The van der Waals surface area contributed by atoms with Gasteiger partial charge in [-0.15, -0.1) is 11.8 Å². The lowest BCUT2D eigenvalue weighted by Gasteiger charge is -2.20. The topological polar surface area (TPSA) is 3.24 Å². The molecule has 0 aromatic rings. The van der Waals surface area contributed by atoms with Gasteiger partial charge in [0.05, 0.1) is 0 Å². The van der Waals surface area contributed by atoms with E-state index in [1.807, 2.05) is 11.8 Å². The van der Waals surface area contributed by atoms with Crippen molar-refractivity contribution in [3.05, 3.63) is 22.6 Å². The zero-order valence-corrected chi connectivity index (χ0v) is 10.7. The molecule has 0 saturated heterocycles. The molecule has 0 heterocycles. The molecular weight excluding hydrogens is 190 g/mol. The molecule has 0 amide bonds. The van der Waals surface area contributed by atoms with Gasteiger partial charge in [-0.1, -0.05) is 32.9 Å². The van der Waals surface area contributed by atoms with Crippen LogP contribution in [0.4, 0.5) is 0 Å². The van der Waals surface area contributed by atoms with Crippen molar-refractivity contribution in [1.29, 1.82) is 0 Å². The van der Waals surface area contributed by atoms with E-state index in [1.54, 1.807) is 4.91 Å². The molecule has 0 fully saturated rings. The summed E-state index contributed by atoms with van der Waals surface area (Å²) < 4.78 is 0.332. The molecule has 0 aliphatic heterocycles. The van der Waals surface area contributed by atoms with Gasteiger partial charge >= 0.3 is 0 Å². The summed E-state index contributed by atoms with van der Waals surface area (Å²) in [5.74, 6) is 0. The molecule has 1 aliphatic carbocycles. The van der Waals surface area contributed by atoms with Crippen molar-refractivity contribution in [1.82, 2.24) is 4.90 Å². The summed E-state index contributed by atoms with van der Waals surface area (Å²) in [5.41, 5.74) is 1.50. The van der Waals surface area contributed by atoms with E-state index in [1.165, 1.54) is 5.57 Å². The molecule has 1 rings (SSSR count). The van der Waals surface area contributed by atoms with Crippen LogP contribution in [0.3, 0.4) is 0 Å². The van der Waals surface area contributed by atoms with Crippen molar-refractivity contribution in [3.8, 4) is 0 Å². The number of nitrogens with zero attached hydrogens (tertiary/aromatic N) is 1. The van der Waals surface area contributed by atoms with Crippen LogP contribution < -0.4 is 0 Å². The second-order valence-corrected chi connectivity index (χ2v) is 6.93. The third-order valence-corrected chi connectivity index (χ3v) is 3.18. The van der Waals surface area contributed by atoms with Crippen LogP contribution in [0.2, 0.25) is 0 Å². The fourth-order valence-corrected chi connectivity index (χ4v) is 2.67. The summed E-state index contributed by atoms with van der Waals surface area (Å²) in [6, 6.07) is 0. The maximum absolute atomic E-state index is 2.27. The number of allylic oxidation sites excluding steroid dienone is 2. The highest BCUT2D eigenvalue weighted by atomic mass is 32.2. The van der Waals surface area contributed by atoms with E-state index in [9.17, 15) is 0 Å². The van der Waals surface area contributed by atoms with Crippen molar-refractivity contribution in [2.75, 3.05) is 20.6 Å². The van der Waals surface area contributed by atoms with E-state index in [0.717, 1.165) is 13.0 Å². The molecule has 1 nitrogen and oxygen atoms in total. The van der Waals surface area contributed by atoms with Gasteiger partial charge in [0, 0.05) is 11.3 Å². The van der Waals surface area contributed by atoms with Crippen LogP contribution >= 0.6 is 11.8 Å². The Hall–Kier alpha value is -0.210. The molecule has 0 N–H and O–H groups in total. The van der Waals surface area contributed by atoms with Gasteiger partial charge in [-0.25, -0.2) is 0 Å². The Morgan fingerprint density at radius 1 is 1.36 bits per heavy atom. The fourth-order valence-electron chi connectivity index (χ4n) is 1.49. The quantitative estimate of drug-likeness (QED) is 0.704. The molecule has 0 aromatic heterocycles. The first kappa shape index (κ1) is 11.9. The standard InChI is InChI=1S/C12H21NS/c1-12(2,3)14-11-8-6-7-10(11)9-13(4)5/h6-7H,8-9H2,1-5H3. The lowest BCUT2D eigenvalue weighted by molar-refractivity contribution is 0.449. The third-order valence-electron chi connectivity index (χ3n) is 1.90. The molecule has 14 heavy (non-hydrogen) atoms. The number of hydrogen-bond donors (Lipinski definition) is 0. The predicted octanol–water partition coefficient (Wildman–Crippen LogP) is 3.29. The molecular formula is C12H21NS. The minimum Gasteiger partial charge on any atom is -0.305 e. The summed E-state index contributed by atoms with van der Waals surface area (Å²) in [5, 5.41) is 0. The molecule has 0 unspecified atom stereocenters. The van der Waals surface area contributed by atoms with Gasteiger partial charge in [0.2, 0.25) is 0 Å². The van der Waals surface area contributed by atoms with Crippen molar-refractivity contribution in [3.63, 3.8) is 0 Å². The largest absolute Gasteiger partial charge is 0.305 e. The molecule has 2 heteroatoms. The zero-order chi connectivity index (χ0) is 10.8. The lowest BCUT2D eigenvalue weighted by atomic mass is 10.2. The van der Waals surface area contributed by atoms with Crippen LogP contribution in [0.15, 0.2) is 22.6 Å². The van der Waals surface area contributed by atoms with Gasteiger partial charge in [0.15, 0.2) is 0 Å². The molecule has 0 atom stereocenters. The Bertz CT molecular complexity index is 256. The minimum absolute atomic E-state index is 0.332. The highest BCUT2D eigenvalue weighted by molar-refractivity contribution is 8.04. The first-order chi connectivity index (χ1) is 6.38. The molecule has 0 bridgehead atoms. The van der Waals surface area contributed by atoms with Crippen molar-refractivity contribution in [2.45, 2.75) is 31.9 Å². The Balaban J connectivity index is 2.66. The first-order valence-corrected chi connectivity index (χ1v) is 5.92. The van der Waals surface area contributed by atoms with Crippen LogP contribution in [0.25, 0.3) is 0 Å². The number of likely N-dealkylation sites (N-methyl/N-ethyl adjacent to an activating group) is 1. The van der Waals surface area contributed by atoms with Gasteiger partial charge in [-0.2, -0.15) is 0 Å². The highest BCUT2D eigenvalue weighted by Crippen LogP contribution is 2.38. The molecule has 0 radical (unpaired) electrons. The summed E-state index contributed by atoms with van der Waals surface area (Å²) in [6.07, 6.45) is 5.67. The number of hydrogen-bond acceptors (Lipinski definition) is 2. The summed E-state index contributed by atoms with van der Waals surface area (Å²) in [4.78, 5) is 3.78. The summed E-state index contributed by atoms with van der Waals surface area (Å²) in [6.45, 7) is 7.89. The second kappa shape index (κ2) is 4.54. The average molecular weight is 211 g/mol. The molecule has 0 saturated carbocycles. The maximum Gasteiger partial charge on any atom is 0.0235 e. The van der Waals surface area contributed by atoms with Crippen molar-refractivity contribution < 1.29 is 0 Å². The Morgan fingerprint density at radius 3 is 2.50 bits per heavy atom. The van der Waals surface area contributed by atoms with E-state index in [-0.39, 0.29) is 0 Å². The predicted molar refractivity (Wildman–Crippen MR) is 66.7 cm³/mol. The number of rotatable bonds is 3. The van der Waals surface area contributed by atoms with Gasteiger partial charge in [0.1, 0.15) is 0 Å². The highest BCUT2D eigenvalue weighted by Gasteiger charge is 2.18. The van der Waals surface area contributed by atoms with Gasteiger partial charge in [-0.05, 0) is 31.0 Å². The summed E-state index contributed by atoms with van der Waals surface area (Å²) in [7, 11) is 4.25. The van der Waals surface area contributed by atoms with E-state index in [4.69, 9.17) is 0 Å². The van der Waals surface area contributed by atoms with Crippen LogP contribution in [-0.4, -0.2) is 30.3 Å². The van der Waals surface area contributed by atoms with E-state index < -0.39 is 0 Å². The minimum atomic E-state index is 0.332. The van der Waals surface area contributed by atoms with E-state index in [0.29, 0.717) is 4.75 Å². The van der Waals surface area contributed by atoms with Crippen LogP contribution in [0.1, 0.15) is 27.2 Å². The fraction of sp³-hybridized carbons (Fsp3) is 0.667. The van der Waals surface area contributed by atoms with Gasteiger partial charge in [-0.3, -0.25) is 0 Å². The Labute approximate surface area is 92.3 Å². The second-order valence-electron chi connectivity index (χ2n) is 5.01. The van der Waals surface area contributed by atoms with Crippen molar-refractivity contribution >= 4 is 11.8 Å². The maximum atomic E-state index is 2.27. The Kier molecular flexibility index (Phi) is 3.85. The normalized spacial score (nSPS) is 17.3. The first-order valence-electron chi connectivity index (χ1n) is 5.11. The van der Waals surface area contributed by atoms with Gasteiger partial charge in [0.25, 0.3) is 0 Å². The SMILES string of the molecule is CN(C)CC1=C(SC(C)(C)C)CC=C1. The van der Waals surface area contributed by atoms with Crippen LogP contribution in [0.5, 0.6) is 0 Å². The Morgan fingerprint density at radius 2 is 2.00 bits per heavy atom. The number of thioether (sulfide) groups is 1. The van der Waals surface area contributed by atoms with Crippen LogP contribution in [-0.2, 0) is 0 Å². The third kappa shape index (κ3) is 3.89.